The Bertz CT molecular complexity index is 897. The first-order valence-electron chi connectivity index (χ1n) is 11.8. The number of piperidine rings is 1. The van der Waals surface area contributed by atoms with Crippen LogP contribution in [0.3, 0.4) is 0 Å². The largest absolute Gasteiger partial charge is 0.369 e. The molecule has 2 amide bonds. The summed E-state index contributed by atoms with van der Waals surface area (Å²) in [7, 11) is 0. The SMILES string of the molecule is CC(C)N1CCN(c2ccc(C(=O)NC3CCN(C(=O)c4ccccc4)CC3)cc2)CC1. The zero-order valence-electron chi connectivity index (χ0n) is 19.2. The maximum atomic E-state index is 12.7. The fourth-order valence-electron chi connectivity index (χ4n) is 4.58. The maximum Gasteiger partial charge on any atom is 0.253 e. The van der Waals surface area contributed by atoms with Crippen LogP contribution in [-0.2, 0) is 0 Å². The number of piperazine rings is 1. The van der Waals surface area contributed by atoms with E-state index in [1.165, 1.54) is 5.69 Å². The molecule has 0 aromatic heterocycles. The van der Waals surface area contributed by atoms with E-state index in [0.29, 0.717) is 24.7 Å². The average molecular weight is 435 g/mol. The monoisotopic (exact) mass is 434 g/mol. The van der Waals surface area contributed by atoms with Gasteiger partial charge in [-0.2, -0.15) is 0 Å². The number of hydrogen-bond acceptors (Lipinski definition) is 4. The number of carbonyl (C=O) groups is 2. The van der Waals surface area contributed by atoms with Crippen LogP contribution in [0.5, 0.6) is 0 Å². The number of hydrogen-bond donors (Lipinski definition) is 1. The Balaban J connectivity index is 1.25. The van der Waals surface area contributed by atoms with Gasteiger partial charge in [-0.3, -0.25) is 14.5 Å². The third-order valence-electron chi connectivity index (χ3n) is 6.68. The molecule has 6 heteroatoms. The normalized spacial score (nSPS) is 18.1. The summed E-state index contributed by atoms with van der Waals surface area (Å²) in [5.41, 5.74) is 2.59. The Hall–Kier alpha value is -2.86. The van der Waals surface area contributed by atoms with Crippen molar-refractivity contribution in [1.82, 2.24) is 15.1 Å². The van der Waals surface area contributed by atoms with Gasteiger partial charge in [0.1, 0.15) is 0 Å². The summed E-state index contributed by atoms with van der Waals surface area (Å²) >= 11 is 0. The minimum Gasteiger partial charge on any atom is -0.369 e. The number of nitrogens with one attached hydrogen (secondary N) is 1. The second kappa shape index (κ2) is 10.2. The molecule has 0 bridgehead atoms. The van der Waals surface area contributed by atoms with E-state index >= 15 is 0 Å². The van der Waals surface area contributed by atoms with Gasteiger partial charge in [-0.1, -0.05) is 18.2 Å². The summed E-state index contributed by atoms with van der Waals surface area (Å²) in [5, 5.41) is 3.15. The van der Waals surface area contributed by atoms with Crippen molar-refractivity contribution in [3.63, 3.8) is 0 Å². The number of nitrogens with zero attached hydrogens (tertiary/aromatic N) is 3. The second-order valence-corrected chi connectivity index (χ2v) is 9.07. The number of amides is 2. The molecule has 0 spiro atoms. The fraction of sp³-hybridized carbons (Fsp3) is 0.462. The van der Waals surface area contributed by atoms with Crippen molar-refractivity contribution in [2.24, 2.45) is 0 Å². The lowest BCUT2D eigenvalue weighted by Crippen LogP contribution is -2.48. The predicted octanol–water partition coefficient (Wildman–Crippen LogP) is 3.25. The molecule has 0 aliphatic carbocycles. The standard InChI is InChI=1S/C26H34N4O2/c1-20(2)28-16-18-29(19-17-28)24-10-8-21(9-11-24)25(31)27-23-12-14-30(15-13-23)26(32)22-6-4-3-5-7-22/h3-11,20,23H,12-19H2,1-2H3,(H,27,31). The van der Waals surface area contributed by atoms with Gasteiger partial charge in [-0.15, -0.1) is 0 Å². The molecule has 2 aliphatic heterocycles. The summed E-state index contributed by atoms with van der Waals surface area (Å²) in [6.45, 7) is 10.0. The molecule has 2 saturated heterocycles. The molecule has 6 nitrogen and oxygen atoms in total. The predicted molar refractivity (Wildman–Crippen MR) is 128 cm³/mol. The first kappa shape index (κ1) is 22.3. The molecule has 2 aliphatic rings. The summed E-state index contributed by atoms with van der Waals surface area (Å²) in [6.07, 6.45) is 1.56. The third-order valence-corrected chi connectivity index (χ3v) is 6.68. The van der Waals surface area contributed by atoms with E-state index in [2.05, 4.69) is 41.1 Å². The summed E-state index contributed by atoms with van der Waals surface area (Å²) < 4.78 is 0. The van der Waals surface area contributed by atoms with Crippen molar-refractivity contribution >= 4 is 17.5 Å². The van der Waals surface area contributed by atoms with Crippen LogP contribution < -0.4 is 10.2 Å². The maximum absolute atomic E-state index is 12.7. The van der Waals surface area contributed by atoms with Crippen LogP contribution in [-0.4, -0.2) is 73.0 Å². The lowest BCUT2D eigenvalue weighted by atomic mass is 10.0. The van der Waals surface area contributed by atoms with Gasteiger partial charge in [-0.25, -0.2) is 0 Å². The first-order chi connectivity index (χ1) is 15.5. The molecule has 170 valence electrons. The lowest BCUT2D eigenvalue weighted by Gasteiger charge is -2.38. The lowest BCUT2D eigenvalue weighted by molar-refractivity contribution is 0.0698. The zero-order valence-corrected chi connectivity index (χ0v) is 19.2. The molecule has 2 aromatic rings. The second-order valence-electron chi connectivity index (χ2n) is 9.07. The van der Waals surface area contributed by atoms with Gasteiger partial charge in [0.15, 0.2) is 0 Å². The highest BCUT2D eigenvalue weighted by atomic mass is 16.2. The molecule has 0 radical (unpaired) electrons. The molecule has 0 atom stereocenters. The van der Waals surface area contributed by atoms with Gasteiger partial charge in [0.25, 0.3) is 11.8 Å². The topological polar surface area (TPSA) is 55.9 Å². The van der Waals surface area contributed by atoms with Crippen molar-refractivity contribution < 1.29 is 9.59 Å². The zero-order chi connectivity index (χ0) is 22.5. The summed E-state index contributed by atoms with van der Waals surface area (Å²) in [6, 6.07) is 18.0. The van der Waals surface area contributed by atoms with Gasteiger partial charge in [-0.05, 0) is 63.1 Å². The van der Waals surface area contributed by atoms with Crippen molar-refractivity contribution in [3.05, 3.63) is 65.7 Å². The third kappa shape index (κ3) is 5.30. The highest BCUT2D eigenvalue weighted by molar-refractivity contribution is 5.95. The van der Waals surface area contributed by atoms with Gasteiger partial charge in [0.2, 0.25) is 0 Å². The Kier molecular flexibility index (Phi) is 7.10. The molecule has 0 unspecified atom stereocenters. The van der Waals surface area contributed by atoms with Crippen molar-refractivity contribution in [2.45, 2.75) is 38.8 Å². The van der Waals surface area contributed by atoms with Gasteiger partial charge < -0.3 is 15.1 Å². The highest BCUT2D eigenvalue weighted by Gasteiger charge is 2.25. The molecule has 1 N–H and O–H groups in total. The Morgan fingerprint density at radius 3 is 2.03 bits per heavy atom. The van der Waals surface area contributed by atoms with Crippen LogP contribution in [0.25, 0.3) is 0 Å². The Labute approximate surface area is 191 Å². The highest BCUT2D eigenvalue weighted by Crippen LogP contribution is 2.19. The van der Waals surface area contributed by atoms with Crippen LogP contribution in [0, 0.1) is 0 Å². The Morgan fingerprint density at radius 2 is 1.44 bits per heavy atom. The van der Waals surface area contributed by atoms with Crippen molar-refractivity contribution in [1.29, 1.82) is 0 Å². The van der Waals surface area contributed by atoms with Gasteiger partial charge in [0, 0.05) is 68.2 Å². The van der Waals surface area contributed by atoms with Crippen LogP contribution in [0.2, 0.25) is 0 Å². The van der Waals surface area contributed by atoms with E-state index in [9.17, 15) is 9.59 Å². The Morgan fingerprint density at radius 1 is 0.812 bits per heavy atom. The number of rotatable bonds is 5. The fourth-order valence-corrected chi connectivity index (χ4v) is 4.58. The van der Waals surface area contributed by atoms with E-state index in [4.69, 9.17) is 0 Å². The quantitative estimate of drug-likeness (QED) is 0.785. The summed E-state index contributed by atoms with van der Waals surface area (Å²) in [4.78, 5) is 32.1. The smallest absolute Gasteiger partial charge is 0.253 e. The molecular formula is C26H34N4O2. The van der Waals surface area contributed by atoms with E-state index in [1.54, 1.807) is 0 Å². The van der Waals surface area contributed by atoms with Gasteiger partial charge in [0.05, 0.1) is 0 Å². The number of benzene rings is 2. The molecular weight excluding hydrogens is 400 g/mol. The van der Waals surface area contributed by atoms with Crippen LogP contribution in [0.15, 0.2) is 54.6 Å². The van der Waals surface area contributed by atoms with Crippen molar-refractivity contribution in [3.8, 4) is 0 Å². The van der Waals surface area contributed by atoms with Crippen LogP contribution in [0.4, 0.5) is 5.69 Å². The van der Waals surface area contributed by atoms with E-state index in [1.807, 2.05) is 47.4 Å². The number of likely N-dealkylation sites (tertiary alicyclic amines) is 1. The molecule has 4 rings (SSSR count). The van der Waals surface area contributed by atoms with Gasteiger partial charge >= 0.3 is 0 Å². The van der Waals surface area contributed by atoms with E-state index < -0.39 is 0 Å². The van der Waals surface area contributed by atoms with E-state index in [-0.39, 0.29) is 17.9 Å². The average Bonchev–Trinajstić information content (AvgIpc) is 2.85. The number of anilines is 1. The minimum absolute atomic E-state index is 0.0333. The van der Waals surface area contributed by atoms with E-state index in [0.717, 1.165) is 44.6 Å². The number of carbonyl (C=O) groups excluding carboxylic acids is 2. The molecule has 2 fully saturated rings. The van der Waals surface area contributed by atoms with Crippen LogP contribution in [0.1, 0.15) is 47.4 Å². The minimum atomic E-state index is -0.0333. The first-order valence-corrected chi connectivity index (χ1v) is 11.8. The summed E-state index contributed by atoms with van der Waals surface area (Å²) in [5.74, 6) is 0.0363. The molecule has 2 heterocycles. The molecule has 2 aromatic carbocycles. The van der Waals surface area contributed by atoms with Crippen LogP contribution >= 0.6 is 0 Å². The van der Waals surface area contributed by atoms with Crippen molar-refractivity contribution in [2.75, 3.05) is 44.2 Å². The molecule has 0 saturated carbocycles. The molecule has 32 heavy (non-hydrogen) atoms.